The molecule has 1 N–H and O–H groups in total. The van der Waals surface area contributed by atoms with Crippen molar-refractivity contribution in [2.45, 2.75) is 19.8 Å². The highest BCUT2D eigenvalue weighted by molar-refractivity contribution is 4.26. The van der Waals surface area contributed by atoms with Crippen LogP contribution in [0.3, 0.4) is 0 Å². The lowest BCUT2D eigenvalue weighted by molar-refractivity contribution is -0.556. The maximum Gasteiger partial charge on any atom is 0.197 e. The summed E-state index contributed by atoms with van der Waals surface area (Å²) in [7, 11) is 0. The van der Waals surface area contributed by atoms with E-state index in [1.807, 2.05) is 6.92 Å². The zero-order valence-corrected chi connectivity index (χ0v) is 4.87. The van der Waals surface area contributed by atoms with Gasteiger partial charge in [0.1, 0.15) is 0 Å². The van der Waals surface area contributed by atoms with Crippen LogP contribution >= 0.6 is 0 Å². The third-order valence-corrected chi connectivity index (χ3v) is 0.803. The third kappa shape index (κ3) is 3.39. The molecule has 0 aromatic heterocycles. The first-order valence-electron chi connectivity index (χ1n) is 2.61. The fraction of sp³-hybridized carbons (Fsp3) is 1.00. The summed E-state index contributed by atoms with van der Waals surface area (Å²) < 4.78 is 0. The summed E-state index contributed by atoms with van der Waals surface area (Å²) in [6, 6.07) is 0. The molecule has 0 atom stereocenters. The van der Waals surface area contributed by atoms with Crippen LogP contribution in [-0.2, 0) is 0 Å². The topological polar surface area (TPSA) is 58.7 Å². The molecule has 0 aromatic carbocycles. The summed E-state index contributed by atoms with van der Waals surface area (Å²) in [5, 5.41) is 20.3. The van der Waals surface area contributed by atoms with Crippen LogP contribution in [0, 0.1) is 5.21 Å². The molecule has 48 valence electrons. The van der Waals surface area contributed by atoms with Crippen LogP contribution in [0.4, 0.5) is 0 Å². The molecule has 8 heavy (non-hydrogen) atoms. The lowest BCUT2D eigenvalue weighted by Gasteiger charge is -1.93. The van der Waals surface area contributed by atoms with E-state index < -0.39 is 0 Å². The molecule has 0 aliphatic carbocycles. The van der Waals surface area contributed by atoms with Crippen molar-refractivity contribution in [2.24, 2.45) is 5.28 Å². The van der Waals surface area contributed by atoms with Crippen molar-refractivity contribution in [3.8, 4) is 0 Å². The molecule has 0 saturated carbocycles. The Bertz CT molecular complexity index is 82.1. The van der Waals surface area contributed by atoms with Gasteiger partial charge < -0.3 is 10.4 Å². The summed E-state index contributed by atoms with van der Waals surface area (Å²) in [4.78, 5) is 0.267. The van der Waals surface area contributed by atoms with E-state index in [-0.39, 0.29) is 11.4 Å². The Morgan fingerprint density at radius 3 is 2.75 bits per heavy atom. The molecule has 4 nitrogen and oxygen atoms in total. The van der Waals surface area contributed by atoms with Crippen molar-refractivity contribution < 1.29 is 10.1 Å². The van der Waals surface area contributed by atoms with E-state index in [1.165, 1.54) is 0 Å². The number of hydrogen-bond donors (Lipinski definition) is 1. The molecular weight excluding hydrogens is 108 g/mol. The zero-order chi connectivity index (χ0) is 6.41. The van der Waals surface area contributed by atoms with Gasteiger partial charge in [0.05, 0.1) is 0 Å². The number of unbranched alkanes of at least 4 members (excludes halogenated alkanes) is 1. The molecule has 0 amide bonds. The summed E-state index contributed by atoms with van der Waals surface area (Å²) in [5.74, 6) is 0. The molecule has 0 saturated heterocycles. The molecular formula is C4H10N2O2. The number of nitrogens with zero attached hydrogens (tertiary/aromatic N) is 2. The van der Waals surface area contributed by atoms with E-state index in [0.29, 0.717) is 0 Å². The average Bonchev–Trinajstić information content (AvgIpc) is 1.83. The van der Waals surface area contributed by atoms with Crippen LogP contribution in [0.15, 0.2) is 5.28 Å². The summed E-state index contributed by atoms with van der Waals surface area (Å²) in [5.41, 5.74) is 0. The van der Waals surface area contributed by atoms with Gasteiger partial charge >= 0.3 is 0 Å². The van der Waals surface area contributed by atoms with Gasteiger partial charge in [-0.1, -0.05) is 18.2 Å². The monoisotopic (exact) mass is 118 g/mol. The smallest absolute Gasteiger partial charge is 0.197 e. The fourth-order valence-electron chi connectivity index (χ4n) is 0.338. The van der Waals surface area contributed by atoms with Crippen LogP contribution in [-0.4, -0.2) is 16.6 Å². The Morgan fingerprint density at radius 2 is 2.38 bits per heavy atom. The highest BCUT2D eigenvalue weighted by Gasteiger charge is 1.90. The standard InChI is InChI=1S/C4H10N2O2/c1-2-3-4-6(8)5-7/h7H,2-4H2,1H3. The first-order chi connectivity index (χ1) is 3.81. The largest absolute Gasteiger partial charge is 0.597 e. The van der Waals surface area contributed by atoms with Gasteiger partial charge in [0.25, 0.3) is 0 Å². The Hall–Kier alpha value is -0.800. The number of hydrogen-bond acceptors (Lipinski definition) is 2. The van der Waals surface area contributed by atoms with Crippen LogP contribution < -0.4 is 0 Å². The molecule has 0 bridgehead atoms. The maximum atomic E-state index is 10.1. The van der Waals surface area contributed by atoms with E-state index >= 15 is 0 Å². The minimum Gasteiger partial charge on any atom is -0.597 e. The van der Waals surface area contributed by atoms with Gasteiger partial charge in [-0.15, -0.1) is 0 Å². The van der Waals surface area contributed by atoms with Crippen molar-refractivity contribution >= 4 is 0 Å². The maximum absolute atomic E-state index is 10.1. The summed E-state index contributed by atoms with van der Waals surface area (Å²) >= 11 is 0. The Labute approximate surface area is 48.0 Å². The van der Waals surface area contributed by atoms with E-state index in [0.717, 1.165) is 12.8 Å². The summed E-state index contributed by atoms with van der Waals surface area (Å²) in [6.07, 6.45) is 1.71. The number of rotatable bonds is 3. The highest BCUT2D eigenvalue weighted by Crippen LogP contribution is 1.85. The van der Waals surface area contributed by atoms with Crippen LogP contribution in [0.2, 0.25) is 0 Å². The Kier molecular flexibility index (Phi) is 3.93. The van der Waals surface area contributed by atoms with Gasteiger partial charge in [0, 0.05) is 6.42 Å². The fourth-order valence-corrected chi connectivity index (χ4v) is 0.338. The van der Waals surface area contributed by atoms with Gasteiger partial charge in [-0.05, 0) is 0 Å². The molecule has 0 aromatic rings. The second-order valence-corrected chi connectivity index (χ2v) is 1.52. The van der Waals surface area contributed by atoms with E-state index in [2.05, 4.69) is 5.28 Å². The minimum atomic E-state index is 0.267. The average molecular weight is 118 g/mol. The molecule has 0 heterocycles. The number of hydroxylamine groups is 1. The highest BCUT2D eigenvalue weighted by atomic mass is 16.6. The quantitative estimate of drug-likeness (QED) is 0.343. The Morgan fingerprint density at radius 1 is 1.75 bits per heavy atom. The van der Waals surface area contributed by atoms with E-state index in [9.17, 15) is 5.21 Å². The van der Waals surface area contributed by atoms with Crippen molar-refractivity contribution in [3.05, 3.63) is 5.21 Å². The van der Waals surface area contributed by atoms with Gasteiger partial charge in [-0.2, -0.15) is 0 Å². The van der Waals surface area contributed by atoms with E-state index in [1.54, 1.807) is 0 Å². The molecule has 0 spiro atoms. The first kappa shape index (κ1) is 7.20. The molecule has 0 aliphatic heterocycles. The van der Waals surface area contributed by atoms with Gasteiger partial charge in [0.15, 0.2) is 11.8 Å². The van der Waals surface area contributed by atoms with Crippen LogP contribution in [0.1, 0.15) is 19.8 Å². The van der Waals surface area contributed by atoms with Gasteiger partial charge in [-0.3, -0.25) is 0 Å². The van der Waals surface area contributed by atoms with Crippen molar-refractivity contribution in [2.75, 3.05) is 6.54 Å². The minimum absolute atomic E-state index is 0.267. The lowest BCUT2D eigenvalue weighted by Crippen LogP contribution is -2.00. The van der Waals surface area contributed by atoms with Crippen LogP contribution in [0.5, 0.6) is 0 Å². The second-order valence-electron chi connectivity index (χ2n) is 1.52. The summed E-state index contributed by atoms with van der Waals surface area (Å²) in [6.45, 7) is 2.25. The van der Waals surface area contributed by atoms with Crippen molar-refractivity contribution in [1.82, 2.24) is 0 Å². The lowest BCUT2D eigenvalue weighted by atomic mass is 10.3. The molecule has 0 fully saturated rings. The molecule has 0 rings (SSSR count). The zero-order valence-electron chi connectivity index (χ0n) is 4.87. The van der Waals surface area contributed by atoms with Crippen molar-refractivity contribution in [1.29, 1.82) is 0 Å². The SMILES string of the molecule is CCCC[N+]([O-])=NO. The van der Waals surface area contributed by atoms with Gasteiger partial charge in [-0.25, -0.2) is 0 Å². The van der Waals surface area contributed by atoms with Crippen LogP contribution in [0.25, 0.3) is 0 Å². The second kappa shape index (κ2) is 4.36. The molecule has 0 unspecified atom stereocenters. The Balaban J connectivity index is 3.12. The first-order valence-corrected chi connectivity index (χ1v) is 2.61. The normalized spacial score (nSPS) is 11.9. The molecule has 0 aliphatic rings. The predicted octanol–water partition coefficient (Wildman–Crippen LogP) is 1.14. The molecule has 0 radical (unpaired) electrons. The van der Waals surface area contributed by atoms with E-state index in [4.69, 9.17) is 5.21 Å². The third-order valence-electron chi connectivity index (χ3n) is 0.803. The van der Waals surface area contributed by atoms with Gasteiger partial charge in [0.2, 0.25) is 0 Å². The molecule has 4 heteroatoms. The van der Waals surface area contributed by atoms with Crippen molar-refractivity contribution in [3.63, 3.8) is 0 Å². The predicted molar refractivity (Wildman–Crippen MR) is 27.6 cm³/mol.